The number of alkyl halides is 1. The highest BCUT2D eigenvalue weighted by Gasteiger charge is 1.96. The molecular formula is C9H11IO. The highest BCUT2D eigenvalue weighted by molar-refractivity contribution is 14.1. The summed E-state index contributed by atoms with van der Waals surface area (Å²) in [5.41, 5.74) is 1.06. The molecule has 0 spiro atoms. The molecule has 0 atom stereocenters. The van der Waals surface area contributed by atoms with Gasteiger partial charge in [-0.15, -0.1) is 0 Å². The van der Waals surface area contributed by atoms with E-state index in [9.17, 15) is 5.11 Å². The van der Waals surface area contributed by atoms with Gasteiger partial charge in [0, 0.05) is 0 Å². The summed E-state index contributed by atoms with van der Waals surface area (Å²) in [7, 11) is 0. The lowest BCUT2D eigenvalue weighted by molar-refractivity contribution is 0.468. The molecule has 1 rings (SSSR count). The van der Waals surface area contributed by atoms with Crippen LogP contribution in [0.2, 0.25) is 0 Å². The number of aryl methyl sites for hydroxylation is 1. The van der Waals surface area contributed by atoms with E-state index in [1.54, 1.807) is 6.07 Å². The molecule has 0 aromatic heterocycles. The summed E-state index contributed by atoms with van der Waals surface area (Å²) < 4.78 is 1.14. The van der Waals surface area contributed by atoms with E-state index in [4.69, 9.17) is 0 Å². The van der Waals surface area contributed by atoms with Crippen molar-refractivity contribution in [1.82, 2.24) is 0 Å². The fourth-order valence-corrected chi connectivity index (χ4v) is 1.36. The van der Waals surface area contributed by atoms with Crippen LogP contribution in [0.15, 0.2) is 24.3 Å². The Hall–Kier alpha value is -0.250. The van der Waals surface area contributed by atoms with Gasteiger partial charge in [0.05, 0.1) is 0 Å². The molecule has 1 aromatic rings. The Bertz CT molecular complexity index is 223. The summed E-state index contributed by atoms with van der Waals surface area (Å²) in [6, 6.07) is 7.52. The first kappa shape index (κ1) is 8.84. The average Bonchev–Trinajstić information content (AvgIpc) is 2.03. The smallest absolute Gasteiger partial charge is 0.118 e. The van der Waals surface area contributed by atoms with Crippen molar-refractivity contribution < 1.29 is 5.11 Å². The minimum Gasteiger partial charge on any atom is -0.508 e. The van der Waals surface area contributed by atoms with Crippen LogP contribution in [0, 0.1) is 0 Å². The number of phenols is 1. The molecule has 0 aliphatic carbocycles. The molecule has 0 bridgehead atoms. The molecule has 0 saturated carbocycles. The highest BCUT2D eigenvalue weighted by Crippen LogP contribution is 2.17. The van der Waals surface area contributed by atoms with E-state index >= 15 is 0 Å². The van der Waals surface area contributed by atoms with Crippen LogP contribution in [-0.2, 0) is 6.42 Å². The molecule has 60 valence electrons. The summed E-state index contributed by atoms with van der Waals surface area (Å²) >= 11 is 2.34. The van der Waals surface area contributed by atoms with Gasteiger partial charge in [-0.05, 0) is 28.9 Å². The van der Waals surface area contributed by atoms with Gasteiger partial charge < -0.3 is 5.11 Å². The summed E-state index contributed by atoms with van der Waals surface area (Å²) in [6.45, 7) is 0. The molecule has 1 N–H and O–H groups in total. The van der Waals surface area contributed by atoms with Crippen LogP contribution < -0.4 is 0 Å². The average molecular weight is 262 g/mol. The number of benzene rings is 1. The molecular weight excluding hydrogens is 251 g/mol. The molecule has 0 radical (unpaired) electrons. The number of aromatic hydroxyl groups is 1. The molecule has 1 nitrogen and oxygen atoms in total. The number of phenolic OH excluding ortho intramolecular Hbond substituents is 1. The standard InChI is InChI=1S/C9H11IO/c10-7-3-5-8-4-1-2-6-9(8)11/h1-2,4,6,11H,3,5,7H2. The van der Waals surface area contributed by atoms with Crippen molar-refractivity contribution in [2.45, 2.75) is 12.8 Å². The van der Waals surface area contributed by atoms with E-state index in [1.807, 2.05) is 18.2 Å². The summed E-state index contributed by atoms with van der Waals surface area (Å²) in [4.78, 5) is 0. The maximum Gasteiger partial charge on any atom is 0.118 e. The first-order chi connectivity index (χ1) is 5.34. The minimum atomic E-state index is 0.428. The van der Waals surface area contributed by atoms with Gasteiger partial charge in [0.2, 0.25) is 0 Å². The third kappa shape index (κ3) is 2.69. The Morgan fingerprint density at radius 3 is 2.64 bits per heavy atom. The van der Waals surface area contributed by atoms with E-state index in [0.29, 0.717) is 5.75 Å². The number of hydrogen-bond donors (Lipinski definition) is 1. The number of halogens is 1. The molecule has 0 fully saturated rings. The molecule has 0 heterocycles. The fraction of sp³-hybridized carbons (Fsp3) is 0.333. The van der Waals surface area contributed by atoms with Gasteiger partial charge >= 0.3 is 0 Å². The van der Waals surface area contributed by atoms with Gasteiger partial charge in [-0.2, -0.15) is 0 Å². The molecule has 0 aliphatic rings. The predicted octanol–water partition coefficient (Wildman–Crippen LogP) is 2.76. The van der Waals surface area contributed by atoms with Gasteiger partial charge in [0.1, 0.15) is 5.75 Å². The topological polar surface area (TPSA) is 20.2 Å². The fourth-order valence-electron chi connectivity index (χ4n) is 0.979. The van der Waals surface area contributed by atoms with Crippen molar-refractivity contribution in [2.24, 2.45) is 0 Å². The summed E-state index contributed by atoms with van der Waals surface area (Å²) in [5.74, 6) is 0.428. The van der Waals surface area contributed by atoms with Crippen LogP contribution in [0.3, 0.4) is 0 Å². The SMILES string of the molecule is Oc1ccccc1CCCI. The van der Waals surface area contributed by atoms with Crippen LogP contribution in [0.25, 0.3) is 0 Å². The molecule has 0 saturated heterocycles. The van der Waals surface area contributed by atoms with E-state index in [2.05, 4.69) is 22.6 Å². The maximum atomic E-state index is 9.33. The second kappa shape index (κ2) is 4.59. The Kier molecular flexibility index (Phi) is 3.69. The van der Waals surface area contributed by atoms with Gasteiger partial charge in [0.15, 0.2) is 0 Å². The van der Waals surface area contributed by atoms with Crippen LogP contribution >= 0.6 is 22.6 Å². The maximum absolute atomic E-state index is 9.33. The lowest BCUT2D eigenvalue weighted by Gasteiger charge is -2.00. The van der Waals surface area contributed by atoms with Gasteiger partial charge in [-0.25, -0.2) is 0 Å². The second-order valence-corrected chi connectivity index (χ2v) is 3.50. The van der Waals surface area contributed by atoms with E-state index in [0.717, 1.165) is 22.8 Å². The van der Waals surface area contributed by atoms with E-state index in [-0.39, 0.29) is 0 Å². The van der Waals surface area contributed by atoms with E-state index < -0.39 is 0 Å². The van der Waals surface area contributed by atoms with Crippen molar-refractivity contribution in [3.63, 3.8) is 0 Å². The van der Waals surface area contributed by atoms with Crippen LogP contribution in [0.5, 0.6) is 5.75 Å². The van der Waals surface area contributed by atoms with Crippen molar-refractivity contribution in [1.29, 1.82) is 0 Å². The molecule has 1 aromatic carbocycles. The van der Waals surface area contributed by atoms with Crippen molar-refractivity contribution >= 4 is 22.6 Å². The largest absolute Gasteiger partial charge is 0.508 e. The number of rotatable bonds is 3. The Labute approximate surface area is 80.6 Å². The zero-order valence-corrected chi connectivity index (χ0v) is 8.41. The first-order valence-corrected chi connectivity index (χ1v) is 5.20. The Morgan fingerprint density at radius 1 is 1.27 bits per heavy atom. The van der Waals surface area contributed by atoms with Gasteiger partial charge in [0.25, 0.3) is 0 Å². The van der Waals surface area contributed by atoms with Gasteiger partial charge in [-0.1, -0.05) is 40.8 Å². The van der Waals surface area contributed by atoms with Crippen LogP contribution in [-0.4, -0.2) is 9.53 Å². The Balaban J connectivity index is 2.62. The van der Waals surface area contributed by atoms with Crippen LogP contribution in [0.1, 0.15) is 12.0 Å². The van der Waals surface area contributed by atoms with Gasteiger partial charge in [-0.3, -0.25) is 0 Å². The third-order valence-electron chi connectivity index (χ3n) is 1.57. The third-order valence-corrected chi connectivity index (χ3v) is 2.33. The quantitative estimate of drug-likeness (QED) is 0.656. The first-order valence-electron chi connectivity index (χ1n) is 3.67. The number of hydrogen-bond acceptors (Lipinski definition) is 1. The molecule has 11 heavy (non-hydrogen) atoms. The van der Waals surface area contributed by atoms with Crippen molar-refractivity contribution in [3.05, 3.63) is 29.8 Å². The number of para-hydroxylation sites is 1. The predicted molar refractivity (Wildman–Crippen MR) is 55.3 cm³/mol. The Morgan fingerprint density at radius 2 is 2.00 bits per heavy atom. The second-order valence-electron chi connectivity index (χ2n) is 2.42. The molecule has 0 amide bonds. The monoisotopic (exact) mass is 262 g/mol. The summed E-state index contributed by atoms with van der Waals surface area (Å²) in [6.07, 6.45) is 2.12. The molecule has 0 unspecified atom stereocenters. The lowest BCUT2D eigenvalue weighted by Crippen LogP contribution is -1.85. The van der Waals surface area contributed by atoms with Crippen molar-refractivity contribution in [2.75, 3.05) is 4.43 Å². The molecule has 2 heteroatoms. The zero-order chi connectivity index (χ0) is 8.10. The zero-order valence-electron chi connectivity index (χ0n) is 6.26. The van der Waals surface area contributed by atoms with Crippen LogP contribution in [0.4, 0.5) is 0 Å². The highest BCUT2D eigenvalue weighted by atomic mass is 127. The lowest BCUT2D eigenvalue weighted by atomic mass is 10.1. The molecule has 0 aliphatic heterocycles. The minimum absolute atomic E-state index is 0.428. The van der Waals surface area contributed by atoms with Crippen molar-refractivity contribution in [3.8, 4) is 5.75 Å². The summed E-state index contributed by atoms with van der Waals surface area (Å²) in [5, 5.41) is 9.33. The normalized spacial score (nSPS) is 9.91. The van der Waals surface area contributed by atoms with E-state index in [1.165, 1.54) is 0 Å².